The Bertz CT molecular complexity index is 3390. The van der Waals surface area contributed by atoms with Gasteiger partial charge in [0.1, 0.15) is 0 Å². The Morgan fingerprint density at radius 2 is 0.929 bits per heavy atom. The van der Waals surface area contributed by atoms with Gasteiger partial charge in [0.05, 0.1) is 0 Å². The molecule has 12 rings (SSSR count). The summed E-state index contributed by atoms with van der Waals surface area (Å²) in [4.78, 5) is 2.71. The normalized spacial score (nSPS) is 18.0. The molecule has 0 spiro atoms. The van der Waals surface area contributed by atoms with Crippen molar-refractivity contribution in [1.82, 2.24) is 0 Å². The first-order chi connectivity index (χ1) is 33.4. The predicted octanol–water partition coefficient (Wildman–Crippen LogP) is 16.6. The molecule has 2 nitrogen and oxygen atoms in total. The lowest BCUT2D eigenvalue weighted by atomic mass is 9.54. The molecule has 0 amide bonds. The molecule has 3 heteroatoms. The van der Waals surface area contributed by atoms with Crippen molar-refractivity contribution < 1.29 is 0 Å². The summed E-state index contributed by atoms with van der Waals surface area (Å²) in [5, 5.41) is 4.03. The van der Waals surface area contributed by atoms with E-state index in [2.05, 4.69) is 243 Å². The maximum Gasteiger partial charge on any atom is 0.198 e. The third-order valence-corrected chi connectivity index (χ3v) is 17.6. The number of benzene rings is 8. The lowest BCUT2D eigenvalue weighted by Gasteiger charge is -2.45. The van der Waals surface area contributed by atoms with Crippen molar-refractivity contribution in [3.05, 3.63) is 197 Å². The highest BCUT2D eigenvalue weighted by Crippen LogP contribution is 2.57. The molecule has 1 aliphatic heterocycles. The Balaban J connectivity index is 1.17. The van der Waals surface area contributed by atoms with Gasteiger partial charge in [-0.25, -0.2) is 0 Å². The van der Waals surface area contributed by atoms with Crippen molar-refractivity contribution in [2.45, 2.75) is 122 Å². The minimum absolute atomic E-state index is 0.0641. The first kappa shape index (κ1) is 44.6. The van der Waals surface area contributed by atoms with E-state index in [4.69, 9.17) is 0 Å². The molecule has 8 aromatic rings. The minimum Gasteiger partial charge on any atom is -0.355 e. The van der Waals surface area contributed by atoms with Crippen LogP contribution in [-0.4, -0.2) is 7.28 Å². The topological polar surface area (TPSA) is 15.3 Å². The van der Waals surface area contributed by atoms with Gasteiger partial charge in [0, 0.05) is 39.4 Å². The van der Waals surface area contributed by atoms with Crippen LogP contribution in [0.25, 0.3) is 44.5 Å². The number of rotatable bonds is 6. The third-order valence-electron chi connectivity index (χ3n) is 17.6. The van der Waals surface area contributed by atoms with E-state index < -0.39 is 0 Å². The molecular formula is C67H67BN2. The monoisotopic (exact) mass is 911 g/mol. The van der Waals surface area contributed by atoms with Crippen LogP contribution in [0.1, 0.15) is 128 Å². The second-order valence-electron chi connectivity index (χ2n) is 24.3. The molecule has 0 aromatic heterocycles. The van der Waals surface area contributed by atoms with Gasteiger partial charge in [0.25, 0.3) is 0 Å². The fourth-order valence-corrected chi connectivity index (χ4v) is 13.1. The van der Waals surface area contributed by atoms with Crippen LogP contribution in [0.4, 0.5) is 28.4 Å². The van der Waals surface area contributed by atoms with Crippen molar-refractivity contribution in [3.8, 4) is 44.5 Å². The average Bonchev–Trinajstić information content (AvgIpc) is 3.58. The number of anilines is 5. The van der Waals surface area contributed by atoms with E-state index >= 15 is 0 Å². The van der Waals surface area contributed by atoms with Gasteiger partial charge < -0.3 is 10.2 Å². The first-order valence-electron chi connectivity index (χ1n) is 26.0. The molecule has 0 fully saturated rings. The molecule has 0 saturated heterocycles. The summed E-state index contributed by atoms with van der Waals surface area (Å²) in [6.45, 7) is 24.7. The van der Waals surface area contributed by atoms with Gasteiger partial charge in [0.2, 0.25) is 0 Å². The van der Waals surface area contributed by atoms with Crippen LogP contribution in [0.15, 0.2) is 164 Å². The molecular weight excluding hydrogens is 844 g/mol. The summed E-state index contributed by atoms with van der Waals surface area (Å²) < 4.78 is 0. The summed E-state index contributed by atoms with van der Waals surface area (Å²) >= 11 is 0. The molecule has 0 atom stereocenters. The molecule has 0 saturated carbocycles. The lowest BCUT2D eigenvalue weighted by molar-refractivity contribution is 0.332. The van der Waals surface area contributed by atoms with Gasteiger partial charge in [0.15, 0.2) is 7.28 Å². The molecule has 0 radical (unpaired) electrons. The molecule has 8 aromatic carbocycles. The van der Waals surface area contributed by atoms with E-state index in [0.29, 0.717) is 0 Å². The molecule has 4 aliphatic rings. The zero-order valence-electron chi connectivity index (χ0n) is 43.1. The van der Waals surface area contributed by atoms with E-state index in [1.807, 2.05) is 0 Å². The molecule has 0 bridgehead atoms. The maximum atomic E-state index is 4.03. The molecule has 3 aliphatic carbocycles. The van der Waals surface area contributed by atoms with Crippen molar-refractivity contribution in [3.63, 3.8) is 0 Å². The van der Waals surface area contributed by atoms with Crippen LogP contribution in [0, 0.1) is 0 Å². The summed E-state index contributed by atoms with van der Waals surface area (Å²) in [7, 11) is 0.834. The standard InChI is InChI=1S/C67H67BN2/c1-63(2)33-34-64(3,4)52-38-47(30-31-51(52)63)70-58-40-54-53(65(5,6)35-36-66(54,7)8)39-56(58)68-62-59(70)41-55-60(48-23-17-18-24-50(48)67(55,9)10)61(62)49-37-45(43-21-15-12-16-22-43)27-32-57(49)69-46-28-25-44(26-29-46)42-19-13-11-14-20-42/h11-32,37-41,68-69H,33-36H2,1-10H3. The van der Waals surface area contributed by atoms with Crippen LogP contribution in [0.3, 0.4) is 0 Å². The van der Waals surface area contributed by atoms with Crippen LogP contribution in [-0.2, 0) is 27.1 Å². The Labute approximate surface area is 418 Å². The zero-order chi connectivity index (χ0) is 48.5. The van der Waals surface area contributed by atoms with Crippen LogP contribution >= 0.6 is 0 Å². The molecule has 348 valence electrons. The third kappa shape index (κ3) is 7.04. The van der Waals surface area contributed by atoms with Crippen LogP contribution in [0.5, 0.6) is 0 Å². The Hall–Kier alpha value is -6.58. The highest BCUT2D eigenvalue weighted by atomic mass is 15.2. The quantitative estimate of drug-likeness (QED) is 0.167. The van der Waals surface area contributed by atoms with Gasteiger partial charge in [-0.15, -0.1) is 0 Å². The summed E-state index contributed by atoms with van der Waals surface area (Å²) in [5.74, 6) is 0. The average molecular weight is 911 g/mol. The molecule has 70 heavy (non-hydrogen) atoms. The van der Waals surface area contributed by atoms with Crippen LogP contribution in [0.2, 0.25) is 0 Å². The van der Waals surface area contributed by atoms with Crippen molar-refractivity contribution in [2.75, 3.05) is 10.2 Å². The first-order valence-corrected chi connectivity index (χ1v) is 26.0. The van der Waals surface area contributed by atoms with E-state index in [0.717, 1.165) is 18.7 Å². The van der Waals surface area contributed by atoms with E-state index in [-0.39, 0.29) is 27.1 Å². The highest BCUT2D eigenvalue weighted by Gasteiger charge is 2.44. The van der Waals surface area contributed by atoms with Gasteiger partial charge >= 0.3 is 0 Å². The van der Waals surface area contributed by atoms with E-state index in [1.54, 1.807) is 0 Å². The summed E-state index contributed by atoms with van der Waals surface area (Å²) in [6, 6.07) is 62.4. The highest BCUT2D eigenvalue weighted by molar-refractivity contribution is 6.73. The van der Waals surface area contributed by atoms with Gasteiger partial charge in [-0.2, -0.15) is 0 Å². The largest absolute Gasteiger partial charge is 0.355 e. The van der Waals surface area contributed by atoms with Crippen molar-refractivity contribution in [2.24, 2.45) is 0 Å². The van der Waals surface area contributed by atoms with Crippen LogP contribution < -0.4 is 21.1 Å². The van der Waals surface area contributed by atoms with Gasteiger partial charge in [-0.1, -0.05) is 190 Å². The van der Waals surface area contributed by atoms with Gasteiger partial charge in [-0.3, -0.25) is 0 Å². The lowest BCUT2D eigenvalue weighted by Crippen LogP contribution is -2.44. The molecule has 1 N–H and O–H groups in total. The Kier molecular flexibility index (Phi) is 10.0. The second kappa shape index (κ2) is 15.7. The van der Waals surface area contributed by atoms with E-state index in [1.165, 1.54) is 132 Å². The van der Waals surface area contributed by atoms with Gasteiger partial charge in [-0.05, 0) is 174 Å². The van der Waals surface area contributed by atoms with Crippen molar-refractivity contribution in [1.29, 1.82) is 0 Å². The fourth-order valence-electron chi connectivity index (χ4n) is 13.1. The van der Waals surface area contributed by atoms with Crippen molar-refractivity contribution >= 4 is 46.6 Å². The zero-order valence-corrected chi connectivity index (χ0v) is 43.1. The summed E-state index contributed by atoms with van der Waals surface area (Å²) in [5.41, 5.74) is 27.9. The smallest absolute Gasteiger partial charge is 0.198 e. The fraction of sp³-hybridized carbons (Fsp3) is 0.284. The number of hydrogen-bond acceptors (Lipinski definition) is 2. The Morgan fingerprint density at radius 1 is 0.400 bits per heavy atom. The Morgan fingerprint density at radius 3 is 1.59 bits per heavy atom. The minimum atomic E-state index is -0.233. The summed E-state index contributed by atoms with van der Waals surface area (Å²) in [6.07, 6.45) is 4.73. The number of nitrogens with one attached hydrogen (secondary N) is 1. The molecule has 1 heterocycles. The maximum absolute atomic E-state index is 4.03. The number of hydrogen-bond donors (Lipinski definition) is 1. The molecule has 0 unspecified atom stereocenters. The van der Waals surface area contributed by atoms with E-state index in [9.17, 15) is 0 Å². The predicted molar refractivity (Wildman–Crippen MR) is 302 cm³/mol. The SMILES string of the molecule is CC1(C)CCC(C)(C)c2cc(N3c4cc5c(cc4Bc4c3cc3c(c4-c4cc(-c6ccccc6)ccc4Nc4ccc(-c6ccccc6)cc4)-c4ccccc4C3(C)C)C(C)(C)CCC5(C)C)ccc21. The second-order valence-corrected chi connectivity index (χ2v) is 24.3. The number of nitrogens with zero attached hydrogens (tertiary/aromatic N) is 1. The number of fused-ring (bicyclic) bond motifs is 7.